The molecule has 1 aliphatic rings. The molecule has 19 heavy (non-hydrogen) atoms. The second-order valence-electron chi connectivity index (χ2n) is 4.84. The van der Waals surface area contributed by atoms with Gasteiger partial charge in [0.25, 0.3) is 5.91 Å². The third kappa shape index (κ3) is 3.57. The molecule has 1 atom stereocenters. The molecule has 106 valence electrons. The van der Waals surface area contributed by atoms with Gasteiger partial charge in [0.05, 0.1) is 6.61 Å². The molecule has 1 fully saturated rings. The fourth-order valence-electron chi connectivity index (χ4n) is 1.86. The maximum absolute atomic E-state index is 12.0. The minimum atomic E-state index is -0.193. The monoisotopic (exact) mass is 284 g/mol. The quantitative estimate of drug-likeness (QED) is 0.736. The number of carbonyl (C=O) groups excluding carboxylic acids is 1. The van der Waals surface area contributed by atoms with Gasteiger partial charge in [-0.25, -0.2) is 4.98 Å². The Morgan fingerprint density at radius 1 is 1.63 bits per heavy atom. The van der Waals surface area contributed by atoms with Gasteiger partial charge >= 0.3 is 0 Å². The third-order valence-corrected chi connectivity index (χ3v) is 4.09. The molecule has 0 radical (unpaired) electrons. The first kappa shape index (κ1) is 14.1. The van der Waals surface area contributed by atoms with Crippen molar-refractivity contribution in [1.82, 2.24) is 10.3 Å². The molecule has 4 N–H and O–H groups in total. The fourth-order valence-corrected chi connectivity index (χ4v) is 2.73. The molecule has 0 aliphatic heterocycles. The van der Waals surface area contributed by atoms with Crippen LogP contribution >= 0.6 is 11.3 Å². The average molecular weight is 284 g/mol. The van der Waals surface area contributed by atoms with E-state index in [1.807, 2.05) is 6.92 Å². The number of nitrogens with one attached hydrogen (secondary N) is 2. The van der Waals surface area contributed by atoms with E-state index in [-0.39, 0.29) is 17.8 Å². The first-order valence-corrected chi connectivity index (χ1v) is 7.24. The largest absolute Gasteiger partial charge is 0.383 e. The Bertz CT molecular complexity index is 445. The van der Waals surface area contributed by atoms with Gasteiger partial charge in [-0.3, -0.25) is 4.79 Å². The van der Waals surface area contributed by atoms with Gasteiger partial charge < -0.3 is 21.1 Å². The molecule has 1 amide bonds. The number of thiazole rings is 1. The Morgan fingerprint density at radius 2 is 2.37 bits per heavy atom. The van der Waals surface area contributed by atoms with E-state index in [1.165, 1.54) is 17.8 Å². The molecule has 1 aliphatic carbocycles. The van der Waals surface area contributed by atoms with Crippen LogP contribution < -0.4 is 16.4 Å². The van der Waals surface area contributed by atoms with E-state index in [1.54, 1.807) is 7.11 Å². The zero-order valence-corrected chi connectivity index (χ0v) is 12.0. The van der Waals surface area contributed by atoms with E-state index in [2.05, 4.69) is 15.6 Å². The maximum atomic E-state index is 12.0. The molecule has 1 unspecified atom stereocenters. The molecule has 0 aromatic carbocycles. The van der Waals surface area contributed by atoms with Crippen LogP contribution in [0.5, 0.6) is 0 Å². The van der Waals surface area contributed by atoms with Crippen LogP contribution in [0.15, 0.2) is 0 Å². The number of nitrogen functional groups attached to an aromatic ring is 1. The van der Waals surface area contributed by atoms with Crippen molar-refractivity contribution in [2.45, 2.75) is 38.3 Å². The first-order chi connectivity index (χ1) is 9.10. The lowest BCUT2D eigenvalue weighted by molar-refractivity contribution is 0.0910. The van der Waals surface area contributed by atoms with Crippen molar-refractivity contribution in [3.05, 3.63) is 4.88 Å². The Morgan fingerprint density at radius 3 is 2.95 bits per heavy atom. The van der Waals surface area contributed by atoms with Crippen molar-refractivity contribution in [2.75, 3.05) is 24.8 Å². The number of nitrogens with two attached hydrogens (primary N) is 1. The second kappa shape index (κ2) is 6.21. The van der Waals surface area contributed by atoms with Crippen LogP contribution in [0.2, 0.25) is 0 Å². The number of methoxy groups -OCH3 is 1. The number of rotatable bonds is 6. The molecule has 2 rings (SSSR count). The predicted molar refractivity (Wildman–Crippen MR) is 76.6 cm³/mol. The topological polar surface area (TPSA) is 89.3 Å². The number of anilines is 2. The molecule has 7 heteroatoms. The lowest BCUT2D eigenvalue weighted by Crippen LogP contribution is -2.35. The van der Waals surface area contributed by atoms with Gasteiger partial charge in [-0.05, 0) is 26.2 Å². The van der Waals surface area contributed by atoms with E-state index >= 15 is 0 Å². The summed E-state index contributed by atoms with van der Waals surface area (Å²) in [4.78, 5) is 16.7. The van der Waals surface area contributed by atoms with E-state index in [0.717, 1.165) is 18.0 Å². The molecule has 1 aromatic rings. The Labute approximate surface area is 116 Å². The molecular formula is C12H20N4O2S. The van der Waals surface area contributed by atoms with E-state index < -0.39 is 0 Å². The van der Waals surface area contributed by atoms with Gasteiger partial charge in [0.15, 0.2) is 5.13 Å². The summed E-state index contributed by atoms with van der Waals surface area (Å²) in [5.41, 5.74) is 5.79. The van der Waals surface area contributed by atoms with E-state index in [9.17, 15) is 4.79 Å². The predicted octanol–water partition coefficient (Wildman–Crippen LogP) is 1.45. The Hall–Kier alpha value is -1.34. The normalized spacial score (nSPS) is 16.7. The van der Waals surface area contributed by atoms with Crippen LogP contribution in [0, 0.1) is 0 Å². The number of hydrogen-bond donors (Lipinski definition) is 3. The summed E-state index contributed by atoms with van der Waals surface area (Å²) in [5, 5.41) is 6.86. The summed E-state index contributed by atoms with van der Waals surface area (Å²) in [6, 6.07) is 0.427. The van der Waals surface area contributed by atoms with Crippen LogP contribution in [0.4, 0.5) is 10.9 Å². The minimum Gasteiger partial charge on any atom is -0.383 e. The lowest BCUT2D eigenvalue weighted by atomic mass is 9.93. The summed E-state index contributed by atoms with van der Waals surface area (Å²) in [6.45, 7) is 2.35. The molecule has 0 saturated heterocycles. The SMILES string of the molecule is COCC(C)NC(=O)c1sc(NC2CCC2)nc1N. The number of ether oxygens (including phenoxy) is 1. The van der Waals surface area contributed by atoms with Gasteiger partial charge in [-0.2, -0.15) is 0 Å². The van der Waals surface area contributed by atoms with Crippen molar-refractivity contribution in [3.8, 4) is 0 Å². The van der Waals surface area contributed by atoms with Crippen LogP contribution in [0.1, 0.15) is 35.9 Å². The number of aromatic nitrogens is 1. The highest BCUT2D eigenvalue weighted by atomic mass is 32.1. The first-order valence-electron chi connectivity index (χ1n) is 6.42. The Balaban J connectivity index is 1.96. The average Bonchev–Trinajstić information content (AvgIpc) is 2.65. The fraction of sp³-hybridized carbons (Fsp3) is 0.667. The van der Waals surface area contributed by atoms with Crippen LogP contribution in [-0.2, 0) is 4.74 Å². The Kier molecular flexibility index (Phi) is 4.60. The smallest absolute Gasteiger partial charge is 0.265 e. The summed E-state index contributed by atoms with van der Waals surface area (Å²) in [7, 11) is 1.60. The maximum Gasteiger partial charge on any atom is 0.265 e. The van der Waals surface area contributed by atoms with Gasteiger partial charge in [0, 0.05) is 19.2 Å². The standard InChI is InChI=1S/C12H20N4O2S/c1-7(6-18-2)14-11(17)9-10(13)16-12(19-9)15-8-4-3-5-8/h7-8H,3-6,13H2,1-2H3,(H,14,17)(H,15,16). The van der Waals surface area contributed by atoms with Crippen molar-refractivity contribution >= 4 is 28.2 Å². The van der Waals surface area contributed by atoms with Gasteiger partial charge in [-0.1, -0.05) is 11.3 Å². The number of nitrogens with zero attached hydrogens (tertiary/aromatic N) is 1. The highest BCUT2D eigenvalue weighted by Gasteiger charge is 2.22. The summed E-state index contributed by atoms with van der Waals surface area (Å²) >= 11 is 1.31. The van der Waals surface area contributed by atoms with Crippen LogP contribution in [0.25, 0.3) is 0 Å². The number of hydrogen-bond acceptors (Lipinski definition) is 6. The van der Waals surface area contributed by atoms with Crippen molar-refractivity contribution in [1.29, 1.82) is 0 Å². The lowest BCUT2D eigenvalue weighted by Gasteiger charge is -2.25. The minimum absolute atomic E-state index is 0.0537. The van der Waals surface area contributed by atoms with Crippen LogP contribution in [0.3, 0.4) is 0 Å². The van der Waals surface area contributed by atoms with E-state index in [4.69, 9.17) is 10.5 Å². The molecular weight excluding hydrogens is 264 g/mol. The highest BCUT2D eigenvalue weighted by Crippen LogP contribution is 2.29. The number of amides is 1. The zero-order chi connectivity index (χ0) is 13.8. The van der Waals surface area contributed by atoms with Crippen molar-refractivity contribution in [2.24, 2.45) is 0 Å². The van der Waals surface area contributed by atoms with Crippen LogP contribution in [-0.4, -0.2) is 36.7 Å². The van der Waals surface area contributed by atoms with Crippen molar-refractivity contribution in [3.63, 3.8) is 0 Å². The van der Waals surface area contributed by atoms with Gasteiger partial charge in [-0.15, -0.1) is 0 Å². The molecule has 6 nitrogen and oxygen atoms in total. The molecule has 0 spiro atoms. The van der Waals surface area contributed by atoms with Crippen molar-refractivity contribution < 1.29 is 9.53 Å². The zero-order valence-electron chi connectivity index (χ0n) is 11.2. The van der Waals surface area contributed by atoms with Gasteiger partial charge in [0.1, 0.15) is 10.7 Å². The molecule has 0 bridgehead atoms. The number of carbonyl (C=O) groups is 1. The highest BCUT2D eigenvalue weighted by molar-refractivity contribution is 7.18. The third-order valence-electron chi connectivity index (χ3n) is 3.09. The molecule has 1 saturated carbocycles. The second-order valence-corrected chi connectivity index (χ2v) is 5.83. The molecule has 1 aromatic heterocycles. The molecule has 1 heterocycles. The van der Waals surface area contributed by atoms with Gasteiger partial charge in [0.2, 0.25) is 0 Å². The summed E-state index contributed by atoms with van der Waals surface area (Å²) < 4.78 is 4.98. The van der Waals surface area contributed by atoms with E-state index in [0.29, 0.717) is 17.5 Å². The summed E-state index contributed by atoms with van der Waals surface area (Å²) in [5.74, 6) is 0.0927. The summed E-state index contributed by atoms with van der Waals surface area (Å²) in [6.07, 6.45) is 3.57.